The molecule has 0 fully saturated rings. The first-order chi connectivity index (χ1) is 11.6. The monoisotopic (exact) mass is 345 g/mol. The third kappa shape index (κ3) is 5.60. The molecule has 6 nitrogen and oxygen atoms in total. The lowest BCUT2D eigenvalue weighted by Gasteiger charge is -2.07. The summed E-state index contributed by atoms with van der Waals surface area (Å²) in [5.74, 6) is 0.760. The van der Waals surface area contributed by atoms with Gasteiger partial charge in [0.05, 0.1) is 12.2 Å². The Morgan fingerprint density at radius 3 is 2.42 bits per heavy atom. The molecular weight excluding hydrogens is 326 g/mol. The Bertz CT molecular complexity index is 687. The van der Waals surface area contributed by atoms with Crippen molar-refractivity contribution < 1.29 is 14.3 Å². The number of carbonyl (C=O) groups is 1. The molecule has 0 saturated carbocycles. The second kappa shape index (κ2) is 8.95. The molecular formula is C17H19N3O3S. The zero-order valence-corrected chi connectivity index (χ0v) is 14.1. The number of hydrogen-bond acceptors (Lipinski definition) is 5. The number of nitrogens with one attached hydrogen (secondary N) is 2. The SMILES string of the molecule is COCCSc1ccc(OC(=O)c2ccc(NC(=N)N)cc2)cc1. The normalized spacial score (nSPS) is 10.2. The summed E-state index contributed by atoms with van der Waals surface area (Å²) in [5, 5.41) is 9.80. The number of benzene rings is 2. The fourth-order valence-electron chi connectivity index (χ4n) is 1.86. The van der Waals surface area contributed by atoms with Crippen molar-refractivity contribution in [1.82, 2.24) is 0 Å². The van der Waals surface area contributed by atoms with Crippen molar-refractivity contribution >= 4 is 29.4 Å². The highest BCUT2D eigenvalue weighted by Gasteiger charge is 2.08. The molecule has 0 aliphatic heterocycles. The molecule has 2 rings (SSSR count). The summed E-state index contributed by atoms with van der Waals surface area (Å²) in [6.07, 6.45) is 0. The van der Waals surface area contributed by atoms with E-state index in [2.05, 4.69) is 5.32 Å². The van der Waals surface area contributed by atoms with Crippen molar-refractivity contribution in [3.8, 4) is 5.75 Å². The maximum atomic E-state index is 12.1. The molecule has 24 heavy (non-hydrogen) atoms. The number of guanidine groups is 1. The summed E-state index contributed by atoms with van der Waals surface area (Å²) in [4.78, 5) is 13.2. The van der Waals surface area contributed by atoms with Gasteiger partial charge in [-0.1, -0.05) is 0 Å². The Morgan fingerprint density at radius 2 is 1.83 bits per heavy atom. The molecule has 0 atom stereocenters. The van der Waals surface area contributed by atoms with Crippen molar-refractivity contribution in [3.05, 3.63) is 54.1 Å². The fraction of sp³-hybridized carbons (Fsp3) is 0.176. The molecule has 0 spiro atoms. The van der Waals surface area contributed by atoms with Crippen LogP contribution in [-0.4, -0.2) is 31.4 Å². The van der Waals surface area contributed by atoms with Gasteiger partial charge in [-0.05, 0) is 48.5 Å². The molecule has 0 aliphatic rings. The minimum absolute atomic E-state index is 0.159. The van der Waals surface area contributed by atoms with E-state index in [4.69, 9.17) is 20.6 Å². The van der Waals surface area contributed by atoms with Gasteiger partial charge in [-0.3, -0.25) is 5.41 Å². The van der Waals surface area contributed by atoms with E-state index in [-0.39, 0.29) is 5.96 Å². The number of anilines is 1. The smallest absolute Gasteiger partial charge is 0.343 e. The first kappa shape index (κ1) is 17.8. The molecule has 0 unspecified atom stereocenters. The number of carbonyl (C=O) groups excluding carboxylic acids is 1. The summed E-state index contributed by atoms with van der Waals surface area (Å²) >= 11 is 1.68. The lowest BCUT2D eigenvalue weighted by Crippen LogP contribution is -2.20. The van der Waals surface area contributed by atoms with E-state index in [0.29, 0.717) is 23.6 Å². The molecule has 0 bridgehead atoms. The maximum absolute atomic E-state index is 12.1. The van der Waals surface area contributed by atoms with Crippen molar-refractivity contribution in [2.24, 2.45) is 5.73 Å². The maximum Gasteiger partial charge on any atom is 0.343 e. The molecule has 4 N–H and O–H groups in total. The number of ether oxygens (including phenoxy) is 2. The van der Waals surface area contributed by atoms with Crippen LogP contribution in [0.2, 0.25) is 0 Å². The largest absolute Gasteiger partial charge is 0.423 e. The van der Waals surface area contributed by atoms with Crippen molar-refractivity contribution in [2.75, 3.05) is 24.8 Å². The average Bonchev–Trinajstić information content (AvgIpc) is 2.57. The summed E-state index contributed by atoms with van der Waals surface area (Å²) in [7, 11) is 1.67. The second-order valence-electron chi connectivity index (χ2n) is 4.82. The number of thioether (sulfide) groups is 1. The number of hydrogen-bond donors (Lipinski definition) is 3. The van der Waals surface area contributed by atoms with Gasteiger partial charge in [-0.15, -0.1) is 11.8 Å². The van der Waals surface area contributed by atoms with Gasteiger partial charge in [0.2, 0.25) is 0 Å². The topological polar surface area (TPSA) is 97.4 Å². The van der Waals surface area contributed by atoms with E-state index in [1.807, 2.05) is 12.1 Å². The van der Waals surface area contributed by atoms with Crippen LogP contribution >= 0.6 is 11.8 Å². The molecule has 2 aromatic carbocycles. The van der Waals surface area contributed by atoms with Crippen LogP contribution < -0.4 is 15.8 Å². The third-order valence-corrected chi connectivity index (χ3v) is 3.97. The van der Waals surface area contributed by atoms with Crippen LogP contribution in [0.25, 0.3) is 0 Å². The molecule has 0 radical (unpaired) electrons. The Balaban J connectivity index is 1.92. The van der Waals surface area contributed by atoms with Crippen LogP contribution in [0.1, 0.15) is 10.4 Å². The molecule has 7 heteroatoms. The highest BCUT2D eigenvalue weighted by molar-refractivity contribution is 7.99. The van der Waals surface area contributed by atoms with Crippen molar-refractivity contribution in [1.29, 1.82) is 5.41 Å². The zero-order chi connectivity index (χ0) is 17.4. The number of rotatable bonds is 7. The van der Waals surface area contributed by atoms with Crippen molar-refractivity contribution in [2.45, 2.75) is 4.90 Å². The lowest BCUT2D eigenvalue weighted by atomic mass is 10.2. The van der Waals surface area contributed by atoms with E-state index in [1.54, 1.807) is 55.3 Å². The van der Waals surface area contributed by atoms with Crippen LogP contribution in [0.15, 0.2) is 53.4 Å². The summed E-state index contributed by atoms with van der Waals surface area (Å²) in [6.45, 7) is 0.690. The minimum atomic E-state index is -0.441. The standard InChI is InChI=1S/C17H19N3O3S/c1-22-10-11-24-15-8-6-14(7-9-15)23-16(21)12-2-4-13(5-3-12)20-17(18)19/h2-9H,10-11H2,1H3,(H4,18,19,20). The zero-order valence-electron chi connectivity index (χ0n) is 13.2. The van der Waals surface area contributed by atoms with Gasteiger partial charge in [0.15, 0.2) is 5.96 Å². The van der Waals surface area contributed by atoms with Gasteiger partial charge < -0.3 is 20.5 Å². The van der Waals surface area contributed by atoms with Crippen LogP contribution in [-0.2, 0) is 4.74 Å². The predicted molar refractivity (Wildman–Crippen MR) is 96.0 cm³/mol. The van der Waals surface area contributed by atoms with Gasteiger partial charge in [0, 0.05) is 23.4 Å². The quantitative estimate of drug-likeness (QED) is 0.178. The van der Waals surface area contributed by atoms with Gasteiger partial charge in [-0.25, -0.2) is 4.79 Å². The Morgan fingerprint density at radius 1 is 1.17 bits per heavy atom. The van der Waals surface area contributed by atoms with Gasteiger partial charge in [-0.2, -0.15) is 0 Å². The van der Waals surface area contributed by atoms with Gasteiger partial charge in [0.25, 0.3) is 0 Å². The van der Waals surface area contributed by atoms with Crippen LogP contribution in [0.3, 0.4) is 0 Å². The molecule has 2 aromatic rings. The number of nitrogens with two attached hydrogens (primary N) is 1. The molecule has 0 amide bonds. The fourth-order valence-corrected chi connectivity index (χ4v) is 2.67. The molecule has 126 valence electrons. The average molecular weight is 345 g/mol. The predicted octanol–water partition coefficient (Wildman–Crippen LogP) is 2.95. The van der Waals surface area contributed by atoms with E-state index in [9.17, 15) is 4.79 Å². The van der Waals surface area contributed by atoms with Crippen LogP contribution in [0.4, 0.5) is 5.69 Å². The van der Waals surface area contributed by atoms with Gasteiger partial charge >= 0.3 is 5.97 Å². The van der Waals surface area contributed by atoms with E-state index >= 15 is 0 Å². The first-order valence-corrected chi connectivity index (χ1v) is 8.22. The molecule has 0 saturated heterocycles. The van der Waals surface area contributed by atoms with E-state index in [1.165, 1.54) is 0 Å². The van der Waals surface area contributed by atoms with Crippen LogP contribution in [0.5, 0.6) is 5.75 Å². The third-order valence-electron chi connectivity index (χ3n) is 2.99. The second-order valence-corrected chi connectivity index (χ2v) is 5.99. The summed E-state index contributed by atoms with van der Waals surface area (Å²) < 4.78 is 10.3. The van der Waals surface area contributed by atoms with Crippen molar-refractivity contribution in [3.63, 3.8) is 0 Å². The van der Waals surface area contributed by atoms with E-state index in [0.717, 1.165) is 10.6 Å². The van der Waals surface area contributed by atoms with E-state index < -0.39 is 5.97 Å². The summed E-state index contributed by atoms with van der Waals surface area (Å²) in [5.41, 5.74) is 6.30. The Kier molecular flexibility index (Phi) is 6.65. The van der Waals surface area contributed by atoms with Gasteiger partial charge in [0.1, 0.15) is 5.75 Å². The first-order valence-electron chi connectivity index (χ1n) is 7.23. The number of methoxy groups -OCH3 is 1. The highest BCUT2D eigenvalue weighted by Crippen LogP contribution is 2.22. The Labute approximate surface area is 144 Å². The Hall–Kier alpha value is -2.51. The molecule has 0 heterocycles. The minimum Gasteiger partial charge on any atom is -0.423 e. The molecule has 0 aromatic heterocycles. The summed E-state index contributed by atoms with van der Waals surface area (Å²) in [6, 6.07) is 13.9. The van der Waals surface area contributed by atoms with Crippen LogP contribution in [0, 0.1) is 5.41 Å². The lowest BCUT2D eigenvalue weighted by molar-refractivity contribution is 0.0734. The molecule has 0 aliphatic carbocycles. The highest BCUT2D eigenvalue weighted by atomic mass is 32.2. The number of esters is 1.